The van der Waals surface area contributed by atoms with Gasteiger partial charge in [0, 0.05) is 25.8 Å². The molecule has 3 rings (SSSR count). The molecule has 2 N–H and O–H groups in total. The van der Waals surface area contributed by atoms with Crippen molar-refractivity contribution >= 4 is 17.7 Å². The van der Waals surface area contributed by atoms with Gasteiger partial charge >= 0.3 is 5.97 Å². The number of allylic oxidation sites excluding steroid dienone is 2. The molecule has 0 saturated carbocycles. The van der Waals surface area contributed by atoms with E-state index in [9.17, 15) is 19.5 Å². The molecule has 0 aromatic carbocycles. The zero-order valence-corrected chi connectivity index (χ0v) is 25.5. The molecule has 3 aliphatic heterocycles. The van der Waals surface area contributed by atoms with Gasteiger partial charge in [-0.2, -0.15) is 0 Å². The van der Waals surface area contributed by atoms with E-state index in [2.05, 4.69) is 18.3 Å². The highest BCUT2D eigenvalue weighted by Crippen LogP contribution is 2.43. The van der Waals surface area contributed by atoms with Crippen LogP contribution in [0.25, 0.3) is 0 Å². The fraction of sp³-hybridized carbons (Fsp3) is 0.710. The summed E-state index contributed by atoms with van der Waals surface area (Å²) in [5, 5.41) is 13.9. The summed E-state index contributed by atoms with van der Waals surface area (Å²) in [6.45, 7) is 9.95. The molecule has 0 bridgehead atoms. The zero-order valence-electron chi connectivity index (χ0n) is 25.5. The van der Waals surface area contributed by atoms with Gasteiger partial charge in [-0.1, -0.05) is 30.7 Å². The van der Waals surface area contributed by atoms with E-state index in [1.165, 1.54) is 13.0 Å². The second-order valence-electron chi connectivity index (χ2n) is 12.1. The lowest BCUT2D eigenvalue weighted by Crippen LogP contribution is -2.50. The van der Waals surface area contributed by atoms with Gasteiger partial charge in [-0.3, -0.25) is 14.4 Å². The lowest BCUT2D eigenvalue weighted by Gasteiger charge is -2.39. The number of nitrogens with zero attached hydrogens (tertiary/aromatic N) is 1. The number of aliphatic hydroxyl groups is 1. The van der Waals surface area contributed by atoms with Crippen LogP contribution in [0.5, 0.6) is 0 Å². The van der Waals surface area contributed by atoms with Gasteiger partial charge in [-0.25, -0.2) is 0 Å². The van der Waals surface area contributed by atoms with Crippen LogP contribution in [-0.2, 0) is 33.3 Å². The van der Waals surface area contributed by atoms with Crippen molar-refractivity contribution in [3.05, 3.63) is 36.0 Å². The molecular formula is C31H48N2O8. The summed E-state index contributed by atoms with van der Waals surface area (Å²) >= 11 is 0. The highest BCUT2D eigenvalue weighted by Gasteiger charge is 2.58. The highest BCUT2D eigenvalue weighted by atomic mass is 16.6. The maximum Gasteiger partial charge on any atom is 0.303 e. The first kappa shape index (κ1) is 33.1. The Morgan fingerprint density at radius 3 is 2.51 bits per heavy atom. The maximum absolute atomic E-state index is 12.4. The summed E-state index contributed by atoms with van der Waals surface area (Å²) < 4.78 is 23.0. The first-order valence-corrected chi connectivity index (χ1v) is 14.6. The third kappa shape index (κ3) is 10.1. The molecule has 1 amide bonds. The number of epoxide rings is 1. The number of aliphatic hydroxyl groups excluding tert-OH is 1. The Kier molecular flexibility index (Phi) is 11.9. The van der Waals surface area contributed by atoms with Crippen molar-refractivity contribution in [3.63, 3.8) is 0 Å². The van der Waals surface area contributed by atoms with Crippen LogP contribution in [0.2, 0.25) is 0 Å². The van der Waals surface area contributed by atoms with Crippen molar-refractivity contribution in [3.8, 4) is 0 Å². The third-order valence-corrected chi connectivity index (χ3v) is 7.87. The summed E-state index contributed by atoms with van der Waals surface area (Å²) in [5.74, 6) is -0.306. The topological polar surface area (TPSA) is 127 Å². The van der Waals surface area contributed by atoms with Crippen LogP contribution in [0.15, 0.2) is 36.0 Å². The van der Waals surface area contributed by atoms with Gasteiger partial charge < -0.3 is 34.3 Å². The van der Waals surface area contributed by atoms with Gasteiger partial charge in [0.25, 0.3) is 0 Å². The number of carbonyl (C=O) groups is 3. The van der Waals surface area contributed by atoms with Crippen LogP contribution in [-0.4, -0.2) is 103 Å². The van der Waals surface area contributed by atoms with Crippen LogP contribution < -0.4 is 5.32 Å². The molecule has 10 heteroatoms. The maximum atomic E-state index is 12.4. The molecule has 3 aliphatic rings. The van der Waals surface area contributed by atoms with Gasteiger partial charge in [0.05, 0.1) is 37.5 Å². The number of Topliss-reactive ketones (excluding diaryl/α,β-unsaturated/α-hetero) is 1. The number of amides is 1. The third-order valence-electron chi connectivity index (χ3n) is 7.87. The monoisotopic (exact) mass is 576 g/mol. The number of esters is 1. The Morgan fingerprint density at radius 1 is 1.17 bits per heavy atom. The molecule has 10 nitrogen and oxygen atoms in total. The molecule has 3 fully saturated rings. The van der Waals surface area contributed by atoms with Crippen molar-refractivity contribution in [2.24, 2.45) is 5.92 Å². The molecule has 3 heterocycles. The van der Waals surface area contributed by atoms with E-state index in [1.54, 1.807) is 13.0 Å². The summed E-state index contributed by atoms with van der Waals surface area (Å²) in [6, 6.07) is -0.119. The van der Waals surface area contributed by atoms with E-state index in [0.29, 0.717) is 32.4 Å². The molecule has 0 aromatic heterocycles. The molecule has 0 unspecified atom stereocenters. The molecule has 0 radical (unpaired) electrons. The van der Waals surface area contributed by atoms with Crippen molar-refractivity contribution in [1.29, 1.82) is 0 Å². The number of rotatable bonds is 12. The fourth-order valence-electron chi connectivity index (χ4n) is 5.56. The van der Waals surface area contributed by atoms with Crippen molar-refractivity contribution < 1.29 is 38.4 Å². The van der Waals surface area contributed by atoms with Gasteiger partial charge in [0.1, 0.15) is 29.7 Å². The van der Waals surface area contributed by atoms with E-state index >= 15 is 0 Å². The predicted molar refractivity (Wildman–Crippen MR) is 154 cm³/mol. The van der Waals surface area contributed by atoms with Crippen LogP contribution in [0.4, 0.5) is 0 Å². The standard InChI is InChI=1S/C31H48N2O8/c1-19(9-12-28-30(37)31(18-38-31)16-25(41-28)15-24(35)17-33(6)7)8-11-27-20(2)14-26(22(4)40-27)32-29(36)13-10-21(3)39-23(5)34/h8-10,12-13,20-22,25-28,30,37H,11,14-18H2,1-7H3,(H,32,36)/b12-9+,13-10-,19-8+/t20-,21-,22+,25+,26+,27-,28+,30+,31+/m0/s1. The van der Waals surface area contributed by atoms with Crippen molar-refractivity contribution in [2.45, 2.75) is 109 Å². The summed E-state index contributed by atoms with van der Waals surface area (Å²) in [6.07, 6.45) is 8.94. The lowest BCUT2D eigenvalue weighted by atomic mass is 9.87. The van der Waals surface area contributed by atoms with Gasteiger partial charge in [-0.05, 0) is 59.7 Å². The predicted octanol–water partition coefficient (Wildman–Crippen LogP) is 2.49. The number of ketones is 1. The van der Waals surface area contributed by atoms with E-state index in [1.807, 2.05) is 45.0 Å². The SMILES string of the molecule is CC(=O)O[C@@H](C)/C=C\C(=O)N[C@@H]1C[C@H](C)[C@H](C/C=C(C)/C=C/[C@H]2O[C@H](CC(=O)CN(C)C)C[C@@]3(CO3)[C@@H]2O)O[C@@H]1C. The Bertz CT molecular complexity index is 1020. The lowest BCUT2D eigenvalue weighted by molar-refractivity contribution is -0.144. The van der Waals surface area contributed by atoms with Gasteiger partial charge in [0.15, 0.2) is 0 Å². The molecule has 1 spiro atoms. The number of hydrogen-bond acceptors (Lipinski definition) is 9. The van der Waals surface area contributed by atoms with E-state index in [4.69, 9.17) is 18.9 Å². The van der Waals surface area contributed by atoms with Crippen LogP contribution >= 0.6 is 0 Å². The smallest absolute Gasteiger partial charge is 0.303 e. The number of likely N-dealkylation sites (N-methyl/N-ethyl adjacent to an activating group) is 1. The molecule has 9 atom stereocenters. The average molecular weight is 577 g/mol. The first-order valence-electron chi connectivity index (χ1n) is 14.6. The average Bonchev–Trinajstić information content (AvgIpc) is 3.64. The second-order valence-corrected chi connectivity index (χ2v) is 12.1. The Hall–Kier alpha value is -2.37. The normalized spacial score (nSPS) is 34.8. The first-order chi connectivity index (χ1) is 19.3. The van der Waals surface area contributed by atoms with E-state index in [0.717, 1.165) is 12.0 Å². The number of nitrogens with one attached hydrogen (secondary N) is 1. The minimum atomic E-state index is -0.777. The Morgan fingerprint density at radius 2 is 1.88 bits per heavy atom. The minimum absolute atomic E-state index is 0.00720. The zero-order chi connectivity index (χ0) is 30.3. The summed E-state index contributed by atoms with van der Waals surface area (Å²) in [7, 11) is 3.73. The molecule has 0 aromatic rings. The van der Waals surface area contributed by atoms with E-state index in [-0.39, 0.29) is 42.0 Å². The van der Waals surface area contributed by atoms with Crippen LogP contribution in [0.3, 0.4) is 0 Å². The van der Waals surface area contributed by atoms with Crippen molar-refractivity contribution in [1.82, 2.24) is 10.2 Å². The molecule has 3 saturated heterocycles. The number of hydrogen-bond donors (Lipinski definition) is 2. The van der Waals surface area contributed by atoms with Crippen LogP contribution in [0.1, 0.15) is 60.3 Å². The molecule has 0 aliphatic carbocycles. The number of ether oxygens (including phenoxy) is 4. The molecular weight excluding hydrogens is 528 g/mol. The Balaban J connectivity index is 1.50. The van der Waals surface area contributed by atoms with E-state index < -0.39 is 29.9 Å². The highest BCUT2D eigenvalue weighted by molar-refractivity contribution is 5.87. The summed E-state index contributed by atoms with van der Waals surface area (Å²) in [5.41, 5.74) is 0.404. The summed E-state index contributed by atoms with van der Waals surface area (Å²) in [4.78, 5) is 37.6. The molecule has 41 heavy (non-hydrogen) atoms. The number of carbonyl (C=O) groups excluding carboxylic acids is 3. The molecule has 230 valence electrons. The van der Waals surface area contributed by atoms with Gasteiger partial charge in [0.2, 0.25) is 5.91 Å². The second kappa shape index (κ2) is 14.7. The fourth-order valence-corrected chi connectivity index (χ4v) is 5.56. The van der Waals surface area contributed by atoms with Gasteiger partial charge in [-0.15, -0.1) is 0 Å². The van der Waals surface area contributed by atoms with Crippen LogP contribution in [0, 0.1) is 5.92 Å². The largest absolute Gasteiger partial charge is 0.459 e. The Labute approximate surface area is 244 Å². The van der Waals surface area contributed by atoms with Crippen molar-refractivity contribution in [2.75, 3.05) is 27.2 Å². The quantitative estimate of drug-likeness (QED) is 0.156. The minimum Gasteiger partial charge on any atom is -0.459 e.